The van der Waals surface area contributed by atoms with Crippen LogP contribution in [0.5, 0.6) is 0 Å². The molecule has 0 bridgehead atoms. The number of carbonyl (C=O) groups is 2. The lowest BCUT2D eigenvalue weighted by atomic mass is 9.89. The van der Waals surface area contributed by atoms with E-state index in [2.05, 4.69) is 46.2 Å². The van der Waals surface area contributed by atoms with E-state index in [0.29, 0.717) is 18.0 Å². The van der Waals surface area contributed by atoms with Crippen molar-refractivity contribution in [2.45, 2.75) is 51.0 Å². The molecule has 2 heterocycles. The zero-order chi connectivity index (χ0) is 22.6. The summed E-state index contributed by atoms with van der Waals surface area (Å²) in [6, 6.07) is 16.6. The second-order valence-corrected chi connectivity index (χ2v) is 9.82. The van der Waals surface area contributed by atoms with E-state index in [1.54, 1.807) is 4.90 Å². The maximum Gasteiger partial charge on any atom is 0.299 e. The third-order valence-electron chi connectivity index (χ3n) is 7.67. The molecule has 0 unspecified atom stereocenters. The van der Waals surface area contributed by atoms with E-state index < -0.39 is 0 Å². The fourth-order valence-electron chi connectivity index (χ4n) is 5.77. The Morgan fingerprint density at radius 1 is 0.727 bits per heavy atom. The molecule has 2 aromatic rings. The van der Waals surface area contributed by atoms with Gasteiger partial charge in [-0.1, -0.05) is 68.1 Å². The number of fused-ring (bicyclic) bond motifs is 1. The van der Waals surface area contributed by atoms with E-state index in [-0.39, 0.29) is 11.7 Å². The molecule has 0 aromatic heterocycles. The van der Waals surface area contributed by atoms with Crippen molar-refractivity contribution in [3.05, 3.63) is 65.2 Å². The molecule has 33 heavy (non-hydrogen) atoms. The maximum absolute atomic E-state index is 12.9. The van der Waals surface area contributed by atoms with Gasteiger partial charge in [-0.2, -0.15) is 0 Å². The Morgan fingerprint density at radius 2 is 1.42 bits per heavy atom. The van der Waals surface area contributed by atoms with Crippen molar-refractivity contribution in [2.24, 2.45) is 0 Å². The van der Waals surface area contributed by atoms with Crippen molar-refractivity contribution < 1.29 is 9.59 Å². The molecule has 0 spiro atoms. The predicted molar refractivity (Wildman–Crippen MR) is 132 cm³/mol. The Hall–Kier alpha value is -2.50. The number of Topliss-reactive ketones (excluding diaryl/α,β-unsaturated/α-hetero) is 1. The second kappa shape index (κ2) is 10.2. The molecule has 5 nitrogen and oxygen atoms in total. The van der Waals surface area contributed by atoms with Crippen molar-refractivity contribution in [1.29, 1.82) is 0 Å². The van der Waals surface area contributed by atoms with Crippen molar-refractivity contribution in [3.8, 4) is 0 Å². The summed E-state index contributed by atoms with van der Waals surface area (Å²) in [7, 11) is 0. The van der Waals surface area contributed by atoms with Crippen LogP contribution in [0.1, 0.15) is 65.9 Å². The summed E-state index contributed by atoms with van der Waals surface area (Å²) in [4.78, 5) is 32.4. The number of amides is 1. The Bertz CT molecular complexity index is 974. The smallest absolute Gasteiger partial charge is 0.299 e. The third kappa shape index (κ3) is 4.90. The summed E-state index contributed by atoms with van der Waals surface area (Å²) in [5.74, 6) is -0.202. The molecule has 3 aliphatic rings. The van der Waals surface area contributed by atoms with Gasteiger partial charge in [0, 0.05) is 45.8 Å². The Labute approximate surface area is 197 Å². The molecule has 5 heteroatoms. The van der Waals surface area contributed by atoms with E-state index in [9.17, 15) is 9.59 Å². The van der Waals surface area contributed by atoms with Gasteiger partial charge in [0.1, 0.15) is 0 Å². The van der Waals surface area contributed by atoms with Gasteiger partial charge in [0.2, 0.25) is 0 Å². The van der Waals surface area contributed by atoms with Gasteiger partial charge in [-0.05, 0) is 36.0 Å². The van der Waals surface area contributed by atoms with Gasteiger partial charge in [0.25, 0.3) is 11.7 Å². The van der Waals surface area contributed by atoms with E-state index in [1.807, 2.05) is 12.1 Å². The van der Waals surface area contributed by atoms with Gasteiger partial charge < -0.3 is 4.90 Å². The summed E-state index contributed by atoms with van der Waals surface area (Å²) in [5.41, 5.74) is 4.12. The number of anilines is 1. The van der Waals surface area contributed by atoms with Crippen LogP contribution in [0.2, 0.25) is 0 Å². The summed E-state index contributed by atoms with van der Waals surface area (Å²) < 4.78 is 0. The summed E-state index contributed by atoms with van der Waals surface area (Å²) in [6.07, 6.45) is 7.39. The van der Waals surface area contributed by atoms with Crippen molar-refractivity contribution in [1.82, 2.24) is 9.80 Å². The van der Waals surface area contributed by atoms with E-state index in [0.717, 1.165) is 57.8 Å². The first-order chi connectivity index (χ1) is 16.2. The monoisotopic (exact) mass is 445 g/mol. The maximum atomic E-state index is 12.9. The molecule has 2 aromatic carbocycles. The van der Waals surface area contributed by atoms with E-state index >= 15 is 0 Å². The molecule has 1 saturated carbocycles. The minimum absolute atomic E-state index is 0.326. The number of hydrogen-bond donors (Lipinski definition) is 0. The molecule has 5 rings (SSSR count). The summed E-state index contributed by atoms with van der Waals surface area (Å²) in [6.45, 7) is 6.47. The van der Waals surface area contributed by atoms with Gasteiger partial charge in [0.15, 0.2) is 0 Å². The first-order valence-electron chi connectivity index (χ1n) is 12.7. The second-order valence-electron chi connectivity index (χ2n) is 9.82. The van der Waals surface area contributed by atoms with Crippen LogP contribution >= 0.6 is 0 Å². The first kappa shape index (κ1) is 22.3. The van der Waals surface area contributed by atoms with E-state index in [4.69, 9.17) is 0 Å². The zero-order valence-corrected chi connectivity index (χ0v) is 19.5. The Balaban J connectivity index is 1.23. The van der Waals surface area contributed by atoms with Gasteiger partial charge in [0.05, 0.1) is 11.3 Å². The lowest BCUT2D eigenvalue weighted by Gasteiger charge is -2.35. The van der Waals surface area contributed by atoms with Crippen LogP contribution in [-0.4, -0.2) is 60.8 Å². The number of piperazine rings is 1. The topological polar surface area (TPSA) is 43.9 Å². The third-order valence-corrected chi connectivity index (χ3v) is 7.67. The molecule has 0 atom stereocenters. The molecule has 2 fully saturated rings. The lowest BCUT2D eigenvalue weighted by molar-refractivity contribution is -0.114. The van der Waals surface area contributed by atoms with Gasteiger partial charge in [-0.25, -0.2) is 0 Å². The number of benzene rings is 2. The molecule has 2 aliphatic heterocycles. The van der Waals surface area contributed by atoms with Crippen LogP contribution < -0.4 is 4.90 Å². The summed E-state index contributed by atoms with van der Waals surface area (Å²) in [5, 5.41) is 0. The highest BCUT2D eigenvalue weighted by molar-refractivity contribution is 6.52. The minimum Gasteiger partial charge on any atom is -0.303 e. The fraction of sp³-hybridized carbons (Fsp3) is 0.500. The first-order valence-corrected chi connectivity index (χ1v) is 12.7. The van der Waals surface area contributed by atoms with Crippen molar-refractivity contribution >= 4 is 17.4 Å². The molecular weight excluding hydrogens is 410 g/mol. The molecular formula is C28H35N3O2. The molecule has 174 valence electrons. The van der Waals surface area contributed by atoms with Crippen LogP contribution in [-0.2, 0) is 11.3 Å². The average Bonchev–Trinajstić information content (AvgIpc) is 3.03. The fourth-order valence-corrected chi connectivity index (χ4v) is 5.77. The molecule has 0 N–H and O–H groups in total. The number of hydrogen-bond acceptors (Lipinski definition) is 4. The van der Waals surface area contributed by atoms with Gasteiger partial charge in [-0.15, -0.1) is 0 Å². The predicted octanol–water partition coefficient (Wildman–Crippen LogP) is 4.47. The van der Waals surface area contributed by atoms with Crippen LogP contribution in [0.4, 0.5) is 5.69 Å². The average molecular weight is 446 g/mol. The highest BCUT2D eigenvalue weighted by atomic mass is 16.2. The molecule has 1 amide bonds. The quantitative estimate of drug-likeness (QED) is 0.486. The van der Waals surface area contributed by atoms with Crippen molar-refractivity contribution in [2.75, 3.05) is 44.2 Å². The number of nitrogens with zero attached hydrogens (tertiary/aromatic N) is 3. The summed E-state index contributed by atoms with van der Waals surface area (Å²) >= 11 is 0. The van der Waals surface area contributed by atoms with Gasteiger partial charge in [-0.3, -0.25) is 19.4 Å². The normalized spacial score (nSPS) is 20.8. The molecule has 0 radical (unpaired) electrons. The minimum atomic E-state index is -0.339. The van der Waals surface area contributed by atoms with Crippen molar-refractivity contribution in [3.63, 3.8) is 0 Å². The largest absolute Gasteiger partial charge is 0.303 e. The SMILES string of the molecule is O=C1C(=O)N(CCN2CCN(Cc3ccccc3)CC2)c2c1cccc2C1CCCCCC1. The lowest BCUT2D eigenvalue weighted by Crippen LogP contribution is -2.48. The highest BCUT2D eigenvalue weighted by Crippen LogP contribution is 2.41. The number of ketones is 1. The number of rotatable bonds is 6. The van der Waals surface area contributed by atoms with Crippen LogP contribution in [0.3, 0.4) is 0 Å². The van der Waals surface area contributed by atoms with E-state index in [1.165, 1.54) is 36.8 Å². The molecule has 1 aliphatic carbocycles. The van der Waals surface area contributed by atoms with Gasteiger partial charge >= 0.3 is 0 Å². The zero-order valence-electron chi connectivity index (χ0n) is 19.5. The van der Waals surface area contributed by atoms with Crippen LogP contribution in [0.15, 0.2) is 48.5 Å². The molecule has 1 saturated heterocycles. The number of para-hydroxylation sites is 1. The highest BCUT2D eigenvalue weighted by Gasteiger charge is 2.38. The van der Waals surface area contributed by atoms with Crippen LogP contribution in [0, 0.1) is 0 Å². The van der Waals surface area contributed by atoms with Crippen LogP contribution in [0.25, 0.3) is 0 Å². The Morgan fingerprint density at radius 3 is 2.15 bits per heavy atom. The standard InChI is InChI=1S/C28H35N3O2/c32-27-25-14-8-13-24(23-11-6-1-2-7-12-23)26(25)31(28(27)33)20-19-29-15-17-30(18-16-29)21-22-9-4-3-5-10-22/h3-5,8-10,13-14,23H,1-2,6-7,11-12,15-21H2. The Kier molecular flexibility index (Phi) is 6.88. The number of carbonyl (C=O) groups excluding carboxylic acids is 2.